The fourth-order valence-corrected chi connectivity index (χ4v) is 3.37. The molecule has 3 rings (SSSR count). The third-order valence-electron chi connectivity index (χ3n) is 4.50. The molecule has 0 saturated carbocycles. The third kappa shape index (κ3) is 3.97. The van der Waals surface area contributed by atoms with Gasteiger partial charge in [0, 0.05) is 16.7 Å². The Morgan fingerprint density at radius 3 is 2.35 bits per heavy atom. The maximum atomic E-state index is 6.15. The molecule has 0 heterocycles. The molecule has 0 aromatic heterocycles. The van der Waals surface area contributed by atoms with E-state index in [1.807, 2.05) is 36.4 Å². The first-order valence-corrected chi connectivity index (χ1v) is 8.95. The summed E-state index contributed by atoms with van der Waals surface area (Å²) in [5.74, 6) is 1.64. The second-order valence-electron chi connectivity index (χ2n) is 6.51. The fraction of sp³-hybridized carbons (Fsp3) is 0.167. The monoisotopic (exact) mass is 343 g/mol. The number of hydrogen-bond donors (Lipinski definition) is 1. The van der Waals surface area contributed by atoms with Gasteiger partial charge in [-0.05, 0) is 56.2 Å². The van der Waals surface area contributed by atoms with Gasteiger partial charge in [-0.2, -0.15) is 0 Å². The highest BCUT2D eigenvalue weighted by molar-refractivity contribution is 5.74. The summed E-state index contributed by atoms with van der Waals surface area (Å²) in [5.41, 5.74) is 8.79. The van der Waals surface area contributed by atoms with E-state index in [1.165, 1.54) is 5.57 Å². The second-order valence-corrected chi connectivity index (χ2v) is 6.51. The molecule has 0 fully saturated rings. The summed E-state index contributed by atoms with van der Waals surface area (Å²) in [5, 5.41) is 0. The van der Waals surface area contributed by atoms with Crippen LogP contribution in [0.4, 0.5) is 5.69 Å². The lowest BCUT2D eigenvalue weighted by Crippen LogP contribution is -2.15. The van der Waals surface area contributed by atoms with E-state index < -0.39 is 0 Å². The Kier molecular flexibility index (Phi) is 5.43. The Morgan fingerprint density at radius 1 is 0.962 bits per heavy atom. The zero-order chi connectivity index (χ0) is 18.4. The van der Waals surface area contributed by atoms with E-state index in [0.29, 0.717) is 0 Å². The molecule has 2 nitrogen and oxygen atoms in total. The van der Waals surface area contributed by atoms with Gasteiger partial charge in [-0.25, -0.2) is 0 Å². The molecular weight excluding hydrogens is 318 g/mol. The summed E-state index contributed by atoms with van der Waals surface area (Å²) in [6, 6.07) is 15.7. The minimum Gasteiger partial charge on any atom is -0.457 e. The Hall–Kier alpha value is -3.00. The van der Waals surface area contributed by atoms with Gasteiger partial charge in [-0.15, -0.1) is 0 Å². The average Bonchev–Trinajstić information content (AvgIpc) is 2.65. The maximum Gasteiger partial charge on any atom is 0.134 e. The lowest BCUT2D eigenvalue weighted by Gasteiger charge is -2.28. The summed E-state index contributed by atoms with van der Waals surface area (Å²) in [7, 11) is 0. The van der Waals surface area contributed by atoms with Crippen molar-refractivity contribution in [3.8, 4) is 11.5 Å². The van der Waals surface area contributed by atoms with Crippen LogP contribution in [0.3, 0.4) is 0 Å². The Balaban J connectivity index is 1.93. The maximum absolute atomic E-state index is 6.15. The van der Waals surface area contributed by atoms with Crippen molar-refractivity contribution in [3.05, 3.63) is 96.6 Å². The van der Waals surface area contributed by atoms with Gasteiger partial charge in [0.1, 0.15) is 11.5 Å². The highest BCUT2D eigenvalue weighted by atomic mass is 16.5. The topological polar surface area (TPSA) is 35.2 Å². The van der Waals surface area contributed by atoms with Crippen LogP contribution in [0.1, 0.15) is 25.8 Å². The van der Waals surface area contributed by atoms with Crippen LogP contribution >= 0.6 is 0 Å². The number of nitrogen functional groups attached to an aromatic ring is 1. The number of hydrogen-bond acceptors (Lipinski definition) is 2. The summed E-state index contributed by atoms with van der Waals surface area (Å²) in [6.07, 6.45) is 16.2. The van der Waals surface area contributed by atoms with Crippen LogP contribution in [-0.2, 0) is 0 Å². The molecule has 1 aliphatic carbocycles. The van der Waals surface area contributed by atoms with E-state index in [9.17, 15) is 0 Å². The van der Waals surface area contributed by atoms with Crippen molar-refractivity contribution in [3.63, 3.8) is 0 Å². The molecule has 2 heteroatoms. The number of ether oxygens (including phenoxy) is 1. The van der Waals surface area contributed by atoms with Crippen LogP contribution in [0.2, 0.25) is 0 Å². The fourth-order valence-electron chi connectivity index (χ4n) is 3.37. The average molecular weight is 343 g/mol. The lowest BCUT2D eigenvalue weighted by molar-refractivity contribution is 0.480. The van der Waals surface area contributed by atoms with Crippen LogP contribution in [0, 0.1) is 5.41 Å². The molecule has 0 spiro atoms. The Morgan fingerprint density at radius 2 is 1.65 bits per heavy atom. The zero-order valence-electron chi connectivity index (χ0n) is 15.4. The van der Waals surface area contributed by atoms with Crippen molar-refractivity contribution in [2.75, 3.05) is 5.73 Å². The highest BCUT2D eigenvalue weighted by Crippen LogP contribution is 2.42. The summed E-state index contributed by atoms with van der Waals surface area (Å²) in [4.78, 5) is 0. The first-order chi connectivity index (χ1) is 12.7. The number of benzene rings is 2. The third-order valence-corrected chi connectivity index (χ3v) is 4.50. The van der Waals surface area contributed by atoms with Gasteiger partial charge in [-0.3, -0.25) is 0 Å². The van der Waals surface area contributed by atoms with E-state index >= 15 is 0 Å². The van der Waals surface area contributed by atoms with Crippen molar-refractivity contribution < 1.29 is 4.74 Å². The largest absolute Gasteiger partial charge is 0.457 e. The van der Waals surface area contributed by atoms with Crippen molar-refractivity contribution in [1.82, 2.24) is 0 Å². The molecule has 2 aromatic carbocycles. The Bertz CT molecular complexity index is 857. The predicted octanol–water partition coefficient (Wildman–Crippen LogP) is 6.54. The summed E-state index contributed by atoms with van der Waals surface area (Å²) in [6.45, 7) is 4.13. The highest BCUT2D eigenvalue weighted by Gasteiger charge is 2.25. The minimum atomic E-state index is -0.0815. The van der Waals surface area contributed by atoms with E-state index in [1.54, 1.807) is 0 Å². The first kappa shape index (κ1) is 17.8. The molecule has 26 heavy (non-hydrogen) atoms. The normalized spacial score (nSPS) is 19.8. The number of nitrogens with two attached hydrogens (primary N) is 1. The van der Waals surface area contributed by atoms with E-state index in [-0.39, 0.29) is 5.41 Å². The molecule has 0 amide bonds. The molecule has 0 atom stereocenters. The van der Waals surface area contributed by atoms with Gasteiger partial charge in [-0.1, -0.05) is 60.7 Å². The number of rotatable bonds is 5. The quantitative estimate of drug-likeness (QED) is 0.494. The molecule has 2 aromatic rings. The van der Waals surface area contributed by atoms with Crippen LogP contribution in [0.25, 0.3) is 5.57 Å². The summed E-state index contributed by atoms with van der Waals surface area (Å²) < 4.78 is 6.15. The number of anilines is 1. The van der Waals surface area contributed by atoms with Gasteiger partial charge < -0.3 is 10.5 Å². The molecule has 0 saturated heterocycles. The van der Waals surface area contributed by atoms with Gasteiger partial charge in [0.15, 0.2) is 0 Å². The molecule has 0 radical (unpaired) electrons. The van der Waals surface area contributed by atoms with Gasteiger partial charge in [0.25, 0.3) is 0 Å². The summed E-state index contributed by atoms with van der Waals surface area (Å²) >= 11 is 0. The predicted molar refractivity (Wildman–Crippen MR) is 111 cm³/mol. The van der Waals surface area contributed by atoms with E-state index in [2.05, 4.69) is 68.5 Å². The van der Waals surface area contributed by atoms with E-state index in [0.717, 1.165) is 29.2 Å². The van der Waals surface area contributed by atoms with Gasteiger partial charge in [0.2, 0.25) is 0 Å². The molecule has 2 N–H and O–H groups in total. The minimum absolute atomic E-state index is 0.0815. The smallest absolute Gasteiger partial charge is 0.134 e. The molecular formula is C24H25NO. The standard InChI is InChI=1S/C24H25NO/c1-3-15-24(16-4-2)17-7-8-19(18-24)22-9-5-6-10-23(22)26-21-13-11-20(25)12-14-21/h3-17H,18,25H2,1-2H3. The van der Waals surface area contributed by atoms with Crippen molar-refractivity contribution in [2.24, 2.45) is 5.41 Å². The Labute approximate surface area is 156 Å². The van der Waals surface area contributed by atoms with Gasteiger partial charge >= 0.3 is 0 Å². The van der Waals surface area contributed by atoms with Crippen molar-refractivity contribution in [2.45, 2.75) is 20.3 Å². The number of allylic oxidation sites excluding steroid dienone is 8. The SMILES string of the molecule is CC=CC1(C=CC)C=CC=C(c2ccccc2Oc2ccc(N)cc2)C1. The zero-order valence-corrected chi connectivity index (χ0v) is 15.4. The van der Waals surface area contributed by atoms with E-state index in [4.69, 9.17) is 10.5 Å². The van der Waals surface area contributed by atoms with Crippen LogP contribution in [0.5, 0.6) is 11.5 Å². The number of para-hydroxylation sites is 1. The van der Waals surface area contributed by atoms with Crippen molar-refractivity contribution >= 4 is 11.3 Å². The lowest BCUT2D eigenvalue weighted by atomic mass is 9.76. The molecule has 132 valence electrons. The second kappa shape index (κ2) is 7.92. The molecule has 0 unspecified atom stereocenters. The van der Waals surface area contributed by atoms with Crippen LogP contribution < -0.4 is 10.5 Å². The van der Waals surface area contributed by atoms with Crippen LogP contribution in [0.15, 0.2) is 91.1 Å². The van der Waals surface area contributed by atoms with Crippen LogP contribution in [-0.4, -0.2) is 0 Å². The molecule has 0 aliphatic heterocycles. The molecule has 1 aliphatic rings. The van der Waals surface area contributed by atoms with Crippen molar-refractivity contribution in [1.29, 1.82) is 0 Å². The molecule has 0 bridgehead atoms. The van der Waals surface area contributed by atoms with Gasteiger partial charge in [0.05, 0.1) is 0 Å². The first-order valence-electron chi connectivity index (χ1n) is 8.95.